The normalized spacial score (nSPS) is 13.0. The van der Waals surface area contributed by atoms with E-state index in [-0.39, 0.29) is 6.04 Å². The van der Waals surface area contributed by atoms with Gasteiger partial charge in [-0.2, -0.15) is 5.10 Å². The van der Waals surface area contributed by atoms with Crippen molar-refractivity contribution < 1.29 is 5.11 Å². The summed E-state index contributed by atoms with van der Waals surface area (Å²) in [5.41, 5.74) is 0.973. The van der Waals surface area contributed by atoms with Crippen LogP contribution in [0.25, 0.3) is 0 Å². The van der Waals surface area contributed by atoms with Crippen LogP contribution in [-0.4, -0.2) is 19.9 Å². The van der Waals surface area contributed by atoms with Crippen LogP contribution in [0.4, 0.5) is 0 Å². The van der Waals surface area contributed by atoms with E-state index in [4.69, 9.17) is 23.2 Å². The first-order valence-corrected chi connectivity index (χ1v) is 7.18. The van der Waals surface area contributed by atoms with Crippen LogP contribution in [-0.2, 0) is 0 Å². The van der Waals surface area contributed by atoms with Crippen molar-refractivity contribution in [3.63, 3.8) is 0 Å². The Kier molecular flexibility index (Phi) is 4.50. The molecule has 1 unspecified atom stereocenters. The third-order valence-corrected chi connectivity index (χ3v) is 3.75. The number of hydrogen-bond donors (Lipinski definition) is 1. The summed E-state index contributed by atoms with van der Waals surface area (Å²) >= 11 is 15.3. The lowest BCUT2D eigenvalue weighted by Crippen LogP contribution is -2.14. The molecule has 0 saturated carbocycles. The fourth-order valence-electron chi connectivity index (χ4n) is 1.77. The molecule has 0 aromatic carbocycles. The minimum atomic E-state index is -0.968. The molecule has 1 N–H and O–H groups in total. The van der Waals surface area contributed by atoms with Crippen LogP contribution in [0.15, 0.2) is 22.9 Å². The lowest BCUT2D eigenvalue weighted by atomic mass is 10.1. The van der Waals surface area contributed by atoms with E-state index in [1.807, 2.05) is 13.8 Å². The summed E-state index contributed by atoms with van der Waals surface area (Å²) in [7, 11) is 0. The van der Waals surface area contributed by atoms with Gasteiger partial charge in [0.25, 0.3) is 0 Å². The van der Waals surface area contributed by atoms with E-state index in [1.54, 1.807) is 16.9 Å². The van der Waals surface area contributed by atoms with Crippen molar-refractivity contribution >= 4 is 39.1 Å². The molecule has 0 aliphatic rings. The highest BCUT2D eigenvalue weighted by atomic mass is 79.9. The minimum absolute atomic E-state index is 0.113. The average molecular weight is 365 g/mol. The number of halogens is 3. The molecule has 2 rings (SSSR count). The van der Waals surface area contributed by atoms with Gasteiger partial charge in [-0.05, 0) is 35.8 Å². The molecule has 2 heterocycles. The number of aliphatic hydroxyl groups excluding tert-OH is 1. The molecule has 0 spiro atoms. The minimum Gasteiger partial charge on any atom is -0.380 e. The molecule has 0 aliphatic carbocycles. The van der Waals surface area contributed by atoms with Crippen LogP contribution in [0.5, 0.6) is 0 Å². The van der Waals surface area contributed by atoms with Crippen molar-refractivity contribution in [3.05, 3.63) is 44.4 Å². The van der Waals surface area contributed by atoms with Gasteiger partial charge in [0.05, 0.1) is 32.1 Å². The number of aliphatic hydroxyl groups is 1. The van der Waals surface area contributed by atoms with Crippen molar-refractivity contribution in [2.24, 2.45) is 0 Å². The van der Waals surface area contributed by atoms with E-state index in [2.05, 4.69) is 26.0 Å². The molecule has 19 heavy (non-hydrogen) atoms. The van der Waals surface area contributed by atoms with Crippen LogP contribution in [0.2, 0.25) is 10.0 Å². The Morgan fingerprint density at radius 2 is 2.00 bits per heavy atom. The Balaban J connectivity index is 2.49. The van der Waals surface area contributed by atoms with Gasteiger partial charge in [0.2, 0.25) is 0 Å². The molecule has 2 aromatic rings. The quantitative estimate of drug-likeness (QED) is 0.895. The van der Waals surface area contributed by atoms with Gasteiger partial charge in [-0.15, -0.1) is 0 Å². The monoisotopic (exact) mass is 363 g/mol. The Labute approximate surface area is 129 Å². The number of nitrogens with zero attached hydrogens (tertiary/aromatic N) is 3. The summed E-state index contributed by atoms with van der Waals surface area (Å²) < 4.78 is 2.43. The van der Waals surface area contributed by atoms with Gasteiger partial charge in [0.15, 0.2) is 0 Å². The SMILES string of the molecule is CC(C)n1ncc(Br)c1C(O)c1ncc(Cl)cc1Cl. The van der Waals surface area contributed by atoms with Gasteiger partial charge >= 0.3 is 0 Å². The summed E-state index contributed by atoms with van der Waals surface area (Å²) in [6.45, 7) is 3.96. The van der Waals surface area contributed by atoms with Gasteiger partial charge in [0, 0.05) is 12.2 Å². The summed E-state index contributed by atoms with van der Waals surface area (Å²) in [4.78, 5) is 4.10. The van der Waals surface area contributed by atoms with Crippen LogP contribution >= 0.6 is 39.1 Å². The first-order valence-electron chi connectivity index (χ1n) is 5.63. The number of pyridine rings is 1. The summed E-state index contributed by atoms with van der Waals surface area (Å²) in [6, 6.07) is 1.67. The molecule has 7 heteroatoms. The van der Waals surface area contributed by atoms with Gasteiger partial charge in [0.1, 0.15) is 6.10 Å². The Morgan fingerprint density at radius 3 is 2.58 bits per heavy atom. The zero-order chi connectivity index (χ0) is 14.2. The molecule has 0 aliphatic heterocycles. The lowest BCUT2D eigenvalue weighted by molar-refractivity contribution is 0.199. The molecular weight excluding hydrogens is 353 g/mol. The van der Waals surface area contributed by atoms with E-state index in [0.29, 0.717) is 25.9 Å². The van der Waals surface area contributed by atoms with E-state index in [0.717, 1.165) is 0 Å². The Morgan fingerprint density at radius 1 is 1.32 bits per heavy atom. The molecule has 0 radical (unpaired) electrons. The molecular formula is C12H12BrCl2N3O. The second-order valence-electron chi connectivity index (χ2n) is 4.34. The second kappa shape index (κ2) is 5.79. The van der Waals surface area contributed by atoms with E-state index >= 15 is 0 Å². The Hall–Kier alpha value is -0.620. The largest absolute Gasteiger partial charge is 0.380 e. The summed E-state index contributed by atoms with van der Waals surface area (Å²) in [5.74, 6) is 0. The maximum atomic E-state index is 10.5. The molecule has 1 atom stereocenters. The molecule has 0 bridgehead atoms. The zero-order valence-corrected chi connectivity index (χ0v) is 13.4. The number of rotatable bonds is 3. The highest BCUT2D eigenvalue weighted by Gasteiger charge is 2.24. The third-order valence-electron chi connectivity index (χ3n) is 2.63. The average Bonchev–Trinajstić information content (AvgIpc) is 2.70. The van der Waals surface area contributed by atoms with Gasteiger partial charge in [-0.25, -0.2) is 0 Å². The molecule has 0 saturated heterocycles. The third kappa shape index (κ3) is 2.94. The van der Waals surface area contributed by atoms with Crippen LogP contribution in [0, 0.1) is 0 Å². The highest BCUT2D eigenvalue weighted by Crippen LogP contribution is 2.33. The van der Waals surface area contributed by atoms with Crippen LogP contribution < -0.4 is 0 Å². The van der Waals surface area contributed by atoms with E-state index in [9.17, 15) is 5.11 Å². The predicted octanol–water partition coefficient (Wildman–Crippen LogP) is 4.01. The highest BCUT2D eigenvalue weighted by molar-refractivity contribution is 9.10. The van der Waals surface area contributed by atoms with E-state index < -0.39 is 6.10 Å². The van der Waals surface area contributed by atoms with Crippen LogP contribution in [0.3, 0.4) is 0 Å². The molecule has 0 amide bonds. The topological polar surface area (TPSA) is 50.9 Å². The van der Waals surface area contributed by atoms with E-state index in [1.165, 1.54) is 6.20 Å². The molecule has 0 fully saturated rings. The Bertz CT molecular complexity index is 601. The second-order valence-corrected chi connectivity index (χ2v) is 6.04. The number of aromatic nitrogens is 3. The maximum absolute atomic E-state index is 10.5. The van der Waals surface area contributed by atoms with Crippen molar-refractivity contribution in [2.75, 3.05) is 0 Å². The molecule has 102 valence electrons. The van der Waals surface area contributed by atoms with Gasteiger partial charge in [-0.3, -0.25) is 9.67 Å². The maximum Gasteiger partial charge on any atom is 0.140 e. The summed E-state index contributed by atoms with van der Waals surface area (Å²) in [6.07, 6.45) is 2.13. The van der Waals surface area contributed by atoms with Gasteiger partial charge < -0.3 is 5.11 Å². The first kappa shape index (κ1) is 14.8. The zero-order valence-electron chi connectivity index (χ0n) is 10.3. The van der Waals surface area contributed by atoms with Crippen LogP contribution in [0.1, 0.15) is 37.4 Å². The lowest BCUT2D eigenvalue weighted by Gasteiger charge is -2.17. The molecule has 2 aromatic heterocycles. The standard InChI is InChI=1S/C12H12BrCl2N3O/c1-6(2)18-11(8(13)5-17-18)12(19)10-9(15)3-7(14)4-16-10/h3-6,12,19H,1-2H3. The van der Waals surface area contributed by atoms with Crippen molar-refractivity contribution in [1.29, 1.82) is 0 Å². The smallest absolute Gasteiger partial charge is 0.140 e. The van der Waals surface area contributed by atoms with Crippen molar-refractivity contribution in [3.8, 4) is 0 Å². The number of hydrogen-bond acceptors (Lipinski definition) is 3. The predicted molar refractivity (Wildman–Crippen MR) is 78.6 cm³/mol. The van der Waals surface area contributed by atoms with Crippen molar-refractivity contribution in [2.45, 2.75) is 26.0 Å². The first-order chi connectivity index (χ1) is 8.91. The summed E-state index contributed by atoms with van der Waals surface area (Å²) in [5, 5.41) is 15.5. The van der Waals surface area contributed by atoms with Crippen molar-refractivity contribution in [1.82, 2.24) is 14.8 Å². The van der Waals surface area contributed by atoms with Gasteiger partial charge in [-0.1, -0.05) is 23.2 Å². The fraction of sp³-hybridized carbons (Fsp3) is 0.333. The molecule has 4 nitrogen and oxygen atoms in total. The fourth-order valence-corrected chi connectivity index (χ4v) is 2.75.